The van der Waals surface area contributed by atoms with Gasteiger partial charge in [-0.3, -0.25) is 19.2 Å². The molecule has 0 N–H and O–H groups in total. The number of para-hydroxylation sites is 2. The van der Waals surface area contributed by atoms with Crippen LogP contribution in [0.3, 0.4) is 0 Å². The van der Waals surface area contributed by atoms with Crippen LogP contribution in [-0.4, -0.2) is 34.8 Å². The highest BCUT2D eigenvalue weighted by Crippen LogP contribution is 2.34. The first-order valence-corrected chi connectivity index (χ1v) is 9.83. The van der Waals surface area contributed by atoms with E-state index in [1.807, 2.05) is 42.7 Å². The molecule has 146 valence electrons. The molecule has 1 aromatic carbocycles. The molecule has 27 heavy (non-hydrogen) atoms. The van der Waals surface area contributed by atoms with E-state index in [2.05, 4.69) is 16.7 Å². The number of benzene rings is 1. The fourth-order valence-electron chi connectivity index (χ4n) is 3.70. The van der Waals surface area contributed by atoms with E-state index in [0.717, 1.165) is 35.7 Å². The summed E-state index contributed by atoms with van der Waals surface area (Å²) in [4.78, 5) is 22.3. The Morgan fingerprint density at radius 3 is 2.63 bits per heavy atom. The molecule has 6 heteroatoms. The van der Waals surface area contributed by atoms with Crippen LogP contribution in [0.25, 0.3) is 0 Å². The lowest BCUT2D eigenvalue weighted by Gasteiger charge is -2.38. The minimum Gasteiger partial charge on any atom is -0.495 e. The third kappa shape index (κ3) is 3.86. The summed E-state index contributed by atoms with van der Waals surface area (Å²) in [6.07, 6.45) is 4.20. The van der Waals surface area contributed by atoms with Crippen LogP contribution in [0.1, 0.15) is 44.4 Å². The molecule has 0 spiro atoms. The molecule has 0 fully saturated rings. The Labute approximate surface area is 161 Å². The van der Waals surface area contributed by atoms with Gasteiger partial charge in [-0.15, -0.1) is 0 Å². The second-order valence-corrected chi connectivity index (χ2v) is 7.05. The molecule has 0 radical (unpaired) electrons. The Hall–Kier alpha value is -2.34. The number of aromatic nitrogens is 2. The number of unbranched alkanes of at least 4 members (excludes halogenated alkanes) is 2. The van der Waals surface area contributed by atoms with Crippen LogP contribution in [0.15, 0.2) is 29.1 Å². The van der Waals surface area contributed by atoms with Crippen molar-refractivity contribution in [2.24, 2.45) is 0 Å². The maximum Gasteiger partial charge on any atom is 0.259 e. The van der Waals surface area contributed by atoms with Gasteiger partial charge in [-0.05, 0) is 31.9 Å². The number of nitrogens with zero attached hydrogens (tertiary/aromatic N) is 4. The van der Waals surface area contributed by atoms with E-state index in [4.69, 9.17) is 9.72 Å². The number of methoxy groups -OCH3 is 1. The van der Waals surface area contributed by atoms with Gasteiger partial charge in [0.05, 0.1) is 26.1 Å². The molecule has 2 aromatic rings. The van der Waals surface area contributed by atoms with Gasteiger partial charge in [-0.25, -0.2) is 4.98 Å². The van der Waals surface area contributed by atoms with E-state index < -0.39 is 0 Å². The lowest BCUT2D eigenvalue weighted by molar-refractivity contribution is 0.194. The normalized spacial score (nSPS) is 14.3. The molecular weight excluding hydrogens is 340 g/mol. The summed E-state index contributed by atoms with van der Waals surface area (Å²) < 4.78 is 7.39. The van der Waals surface area contributed by atoms with E-state index in [-0.39, 0.29) is 5.56 Å². The van der Waals surface area contributed by atoms with Crippen LogP contribution in [0.5, 0.6) is 5.75 Å². The number of hydrogen-bond donors (Lipinski definition) is 0. The van der Waals surface area contributed by atoms with Gasteiger partial charge >= 0.3 is 0 Å². The van der Waals surface area contributed by atoms with Gasteiger partial charge in [-0.2, -0.15) is 0 Å². The third-order valence-electron chi connectivity index (χ3n) is 5.18. The van der Waals surface area contributed by atoms with Gasteiger partial charge in [-0.1, -0.05) is 38.8 Å². The second-order valence-electron chi connectivity index (χ2n) is 7.05. The summed E-state index contributed by atoms with van der Waals surface area (Å²) in [5, 5.41) is 0. The minimum atomic E-state index is 0.0695. The van der Waals surface area contributed by atoms with Gasteiger partial charge in [0.25, 0.3) is 5.56 Å². The molecule has 6 nitrogen and oxygen atoms in total. The Morgan fingerprint density at radius 2 is 1.93 bits per heavy atom. The maximum absolute atomic E-state index is 13.1. The third-order valence-corrected chi connectivity index (χ3v) is 5.18. The minimum absolute atomic E-state index is 0.0695. The first-order chi connectivity index (χ1) is 13.1. The van der Waals surface area contributed by atoms with Gasteiger partial charge in [0.1, 0.15) is 5.75 Å². The predicted octanol–water partition coefficient (Wildman–Crippen LogP) is 3.68. The molecular formula is C21H30N4O2. The van der Waals surface area contributed by atoms with Crippen molar-refractivity contribution in [2.75, 3.05) is 25.2 Å². The predicted molar refractivity (Wildman–Crippen MR) is 109 cm³/mol. The molecule has 0 unspecified atom stereocenters. The Morgan fingerprint density at radius 1 is 1.15 bits per heavy atom. The van der Waals surface area contributed by atoms with Crippen LogP contribution in [0.2, 0.25) is 0 Å². The first-order valence-electron chi connectivity index (χ1n) is 9.83. The number of fused-ring (bicyclic) bond motifs is 1. The molecule has 0 atom stereocenters. The summed E-state index contributed by atoms with van der Waals surface area (Å²) in [7, 11) is 1.67. The number of aryl methyl sites for hydroxylation is 1. The highest BCUT2D eigenvalue weighted by molar-refractivity contribution is 5.66. The van der Waals surface area contributed by atoms with Crippen LogP contribution < -0.4 is 15.2 Å². The monoisotopic (exact) mass is 370 g/mol. The fourth-order valence-corrected chi connectivity index (χ4v) is 3.70. The Kier molecular flexibility index (Phi) is 6.16. The van der Waals surface area contributed by atoms with Gasteiger partial charge < -0.3 is 4.74 Å². The van der Waals surface area contributed by atoms with Crippen molar-refractivity contribution in [3.05, 3.63) is 45.9 Å². The average molecular weight is 370 g/mol. The number of rotatable bonds is 7. The maximum atomic E-state index is 13.1. The Bertz CT molecular complexity index is 847. The van der Waals surface area contributed by atoms with Crippen molar-refractivity contribution in [2.45, 2.75) is 53.1 Å². The summed E-state index contributed by atoms with van der Waals surface area (Å²) >= 11 is 0. The average Bonchev–Trinajstić information content (AvgIpc) is 2.68. The van der Waals surface area contributed by atoms with E-state index in [9.17, 15) is 4.79 Å². The van der Waals surface area contributed by atoms with Crippen molar-refractivity contribution in [3.63, 3.8) is 0 Å². The van der Waals surface area contributed by atoms with Crippen molar-refractivity contribution in [1.29, 1.82) is 0 Å². The lowest BCUT2D eigenvalue weighted by atomic mass is 10.2. The zero-order chi connectivity index (χ0) is 19.4. The SMILES string of the molecule is CCCCCN1CN(c2ccccc2OC)c2nc(C)c(CC)c(=O)n2C1. The molecule has 0 aliphatic carbocycles. The number of anilines is 2. The molecule has 0 saturated heterocycles. The largest absolute Gasteiger partial charge is 0.495 e. The molecule has 0 amide bonds. The molecule has 1 aliphatic heterocycles. The quantitative estimate of drug-likeness (QED) is 0.696. The van der Waals surface area contributed by atoms with Crippen LogP contribution >= 0.6 is 0 Å². The fraction of sp³-hybridized carbons (Fsp3) is 0.524. The van der Waals surface area contributed by atoms with Crippen molar-refractivity contribution in [3.8, 4) is 5.75 Å². The van der Waals surface area contributed by atoms with E-state index >= 15 is 0 Å². The number of ether oxygens (including phenoxy) is 1. The summed E-state index contributed by atoms with van der Waals surface area (Å²) in [6.45, 7) is 8.39. The molecule has 3 rings (SSSR count). The van der Waals surface area contributed by atoms with E-state index in [1.54, 1.807) is 7.11 Å². The molecule has 1 aliphatic rings. The molecule has 0 bridgehead atoms. The lowest BCUT2D eigenvalue weighted by Crippen LogP contribution is -2.48. The Balaban J connectivity index is 2.08. The van der Waals surface area contributed by atoms with Crippen LogP contribution in [0.4, 0.5) is 11.6 Å². The smallest absolute Gasteiger partial charge is 0.259 e. The zero-order valence-electron chi connectivity index (χ0n) is 16.9. The molecule has 1 aromatic heterocycles. The first kappa shape index (κ1) is 19.4. The van der Waals surface area contributed by atoms with Gasteiger partial charge in [0.15, 0.2) is 0 Å². The topological polar surface area (TPSA) is 50.6 Å². The highest BCUT2D eigenvalue weighted by Gasteiger charge is 2.28. The molecule has 2 heterocycles. The highest BCUT2D eigenvalue weighted by atomic mass is 16.5. The van der Waals surface area contributed by atoms with Crippen molar-refractivity contribution >= 4 is 11.6 Å². The van der Waals surface area contributed by atoms with Crippen molar-refractivity contribution < 1.29 is 4.74 Å². The van der Waals surface area contributed by atoms with E-state index in [1.165, 1.54) is 12.8 Å². The van der Waals surface area contributed by atoms with Gasteiger partial charge in [0, 0.05) is 17.8 Å². The zero-order valence-corrected chi connectivity index (χ0v) is 16.9. The summed E-state index contributed by atoms with van der Waals surface area (Å²) in [6, 6.07) is 7.91. The number of hydrogen-bond acceptors (Lipinski definition) is 5. The summed E-state index contributed by atoms with van der Waals surface area (Å²) in [5.41, 5.74) is 2.62. The second kappa shape index (κ2) is 8.57. The van der Waals surface area contributed by atoms with E-state index in [0.29, 0.717) is 25.7 Å². The molecule has 0 saturated carbocycles. The van der Waals surface area contributed by atoms with Crippen molar-refractivity contribution in [1.82, 2.24) is 14.5 Å². The van der Waals surface area contributed by atoms with Gasteiger partial charge in [0.2, 0.25) is 5.95 Å². The van der Waals surface area contributed by atoms with Crippen LogP contribution in [0, 0.1) is 6.92 Å². The standard InChI is InChI=1S/C21H30N4O2/c1-5-7-10-13-23-14-24(18-11-8-9-12-19(18)27-4)21-22-16(3)17(6-2)20(26)25(21)15-23/h8-9,11-12H,5-7,10,13-15H2,1-4H3. The van der Waals surface area contributed by atoms with Crippen LogP contribution in [-0.2, 0) is 13.1 Å². The summed E-state index contributed by atoms with van der Waals surface area (Å²) in [5.74, 6) is 1.48.